The molecule has 0 spiro atoms. The highest BCUT2D eigenvalue weighted by molar-refractivity contribution is 7.17. The van der Waals surface area contributed by atoms with Crippen molar-refractivity contribution in [3.05, 3.63) is 57.9 Å². The fourth-order valence-electron chi connectivity index (χ4n) is 2.56. The first kappa shape index (κ1) is 13.0. The summed E-state index contributed by atoms with van der Waals surface area (Å²) >= 11 is 7.81. The summed E-state index contributed by atoms with van der Waals surface area (Å²) in [5.74, 6) is 1.12. The van der Waals surface area contributed by atoms with Crippen molar-refractivity contribution in [3.8, 4) is 11.5 Å². The van der Waals surface area contributed by atoms with Gasteiger partial charge in [0.05, 0.1) is 5.02 Å². The molecule has 1 aliphatic heterocycles. The molecule has 1 N–H and O–H groups in total. The van der Waals surface area contributed by atoms with Gasteiger partial charge in [0.2, 0.25) is 6.79 Å². The Labute approximate surface area is 130 Å². The van der Waals surface area contributed by atoms with E-state index in [1.807, 2.05) is 29.6 Å². The van der Waals surface area contributed by atoms with E-state index >= 15 is 0 Å². The maximum atomic E-state index is 10.7. The van der Waals surface area contributed by atoms with Crippen molar-refractivity contribution in [3.63, 3.8) is 0 Å². The van der Waals surface area contributed by atoms with Gasteiger partial charge < -0.3 is 14.6 Å². The van der Waals surface area contributed by atoms with Gasteiger partial charge in [-0.05, 0) is 34.5 Å². The Kier molecular flexibility index (Phi) is 3.03. The van der Waals surface area contributed by atoms with E-state index < -0.39 is 6.10 Å². The lowest BCUT2D eigenvalue weighted by atomic mass is 10.00. The summed E-state index contributed by atoms with van der Waals surface area (Å²) in [6, 6.07) is 11.5. The Balaban J connectivity index is 1.83. The van der Waals surface area contributed by atoms with Crippen LogP contribution in [0.4, 0.5) is 0 Å². The van der Waals surface area contributed by atoms with Gasteiger partial charge in [0.15, 0.2) is 11.5 Å². The van der Waals surface area contributed by atoms with Crippen LogP contribution in [0.1, 0.15) is 17.2 Å². The van der Waals surface area contributed by atoms with Gasteiger partial charge in [-0.25, -0.2) is 0 Å². The van der Waals surface area contributed by atoms with Crippen molar-refractivity contribution in [1.82, 2.24) is 0 Å². The van der Waals surface area contributed by atoms with Crippen LogP contribution in [-0.4, -0.2) is 11.9 Å². The lowest BCUT2D eigenvalue weighted by Gasteiger charge is -2.14. The normalized spacial score (nSPS) is 14.6. The molecule has 1 aliphatic rings. The minimum absolute atomic E-state index is 0.162. The average molecular weight is 319 g/mol. The van der Waals surface area contributed by atoms with Gasteiger partial charge in [-0.1, -0.05) is 29.8 Å². The third-order valence-electron chi connectivity index (χ3n) is 3.57. The van der Waals surface area contributed by atoms with Crippen LogP contribution < -0.4 is 9.47 Å². The molecule has 0 amide bonds. The fourth-order valence-corrected chi connectivity index (χ4v) is 3.77. The Hall–Kier alpha value is -1.75. The van der Waals surface area contributed by atoms with Gasteiger partial charge in [0.25, 0.3) is 0 Å². The predicted molar refractivity (Wildman–Crippen MR) is 83.5 cm³/mol. The zero-order valence-electron chi connectivity index (χ0n) is 10.9. The first-order valence-corrected chi connectivity index (χ1v) is 7.73. The predicted octanol–water partition coefficient (Wildman–Crippen LogP) is 4.37. The number of hydrogen-bond acceptors (Lipinski definition) is 4. The Morgan fingerprint density at radius 3 is 3.00 bits per heavy atom. The van der Waals surface area contributed by atoms with Gasteiger partial charge in [0, 0.05) is 10.3 Å². The topological polar surface area (TPSA) is 38.7 Å². The number of aliphatic hydroxyl groups excluding tert-OH is 1. The summed E-state index contributed by atoms with van der Waals surface area (Å²) in [5.41, 5.74) is 1.57. The smallest absolute Gasteiger partial charge is 0.231 e. The average Bonchev–Trinajstić information content (AvgIpc) is 3.14. The summed E-state index contributed by atoms with van der Waals surface area (Å²) in [6.07, 6.45) is -0.751. The molecule has 2 heterocycles. The Morgan fingerprint density at radius 1 is 1.19 bits per heavy atom. The number of thiophene rings is 1. The molecule has 0 bridgehead atoms. The quantitative estimate of drug-likeness (QED) is 0.762. The standard InChI is InChI=1S/C16H11ClO3S/c17-12-6-10(7-13-15(12)20-8-19-13)14(18)11-3-1-2-9-4-5-21-16(9)11/h1-7,14,18H,8H2. The van der Waals surface area contributed by atoms with E-state index in [9.17, 15) is 5.11 Å². The van der Waals surface area contributed by atoms with Crippen molar-refractivity contribution in [2.45, 2.75) is 6.10 Å². The van der Waals surface area contributed by atoms with Crippen LogP contribution in [-0.2, 0) is 0 Å². The monoisotopic (exact) mass is 318 g/mol. The van der Waals surface area contributed by atoms with Gasteiger partial charge in [-0.15, -0.1) is 11.3 Å². The van der Waals surface area contributed by atoms with E-state index in [-0.39, 0.29) is 6.79 Å². The Bertz CT molecular complexity index is 828. The van der Waals surface area contributed by atoms with Crippen molar-refractivity contribution >= 4 is 33.0 Å². The third kappa shape index (κ3) is 2.07. The van der Waals surface area contributed by atoms with Crippen molar-refractivity contribution in [2.75, 3.05) is 6.79 Å². The van der Waals surface area contributed by atoms with Crippen molar-refractivity contribution in [2.24, 2.45) is 0 Å². The zero-order valence-corrected chi connectivity index (χ0v) is 12.4. The number of fused-ring (bicyclic) bond motifs is 2. The summed E-state index contributed by atoms with van der Waals surface area (Å²) < 4.78 is 11.7. The second kappa shape index (κ2) is 4.91. The molecule has 106 valence electrons. The minimum Gasteiger partial charge on any atom is -0.454 e. The number of benzene rings is 2. The van der Waals surface area contributed by atoms with Crippen LogP contribution >= 0.6 is 22.9 Å². The lowest BCUT2D eigenvalue weighted by molar-refractivity contribution is 0.173. The molecule has 1 atom stereocenters. The van der Waals surface area contributed by atoms with E-state index in [0.29, 0.717) is 22.1 Å². The van der Waals surface area contributed by atoms with E-state index in [2.05, 4.69) is 0 Å². The molecular formula is C16H11ClO3S. The van der Waals surface area contributed by atoms with Gasteiger partial charge in [0.1, 0.15) is 6.10 Å². The largest absolute Gasteiger partial charge is 0.454 e. The molecule has 1 unspecified atom stereocenters. The van der Waals surface area contributed by atoms with E-state index in [0.717, 1.165) is 15.6 Å². The van der Waals surface area contributed by atoms with Crippen LogP contribution in [0.15, 0.2) is 41.8 Å². The number of hydrogen-bond donors (Lipinski definition) is 1. The van der Waals surface area contributed by atoms with Crippen LogP contribution in [0.5, 0.6) is 11.5 Å². The zero-order chi connectivity index (χ0) is 14.4. The van der Waals surface area contributed by atoms with Gasteiger partial charge in [-0.2, -0.15) is 0 Å². The number of halogens is 1. The molecule has 0 saturated carbocycles. The van der Waals surface area contributed by atoms with Crippen molar-refractivity contribution < 1.29 is 14.6 Å². The SMILES string of the molecule is OC(c1cc(Cl)c2c(c1)OCO2)c1cccc2ccsc12. The van der Waals surface area contributed by atoms with Crippen LogP contribution in [0.3, 0.4) is 0 Å². The molecule has 0 saturated heterocycles. The summed E-state index contributed by atoms with van der Waals surface area (Å²) in [7, 11) is 0. The molecule has 4 rings (SSSR count). The minimum atomic E-state index is -0.751. The summed E-state index contributed by atoms with van der Waals surface area (Å²) in [6.45, 7) is 0.162. The van der Waals surface area contributed by atoms with E-state index in [1.165, 1.54) is 0 Å². The molecule has 0 radical (unpaired) electrons. The second-order valence-corrected chi connectivity index (χ2v) is 6.15. The van der Waals surface area contributed by atoms with Gasteiger partial charge >= 0.3 is 0 Å². The number of rotatable bonds is 2. The summed E-state index contributed by atoms with van der Waals surface area (Å²) in [4.78, 5) is 0. The molecule has 0 aliphatic carbocycles. The van der Waals surface area contributed by atoms with Crippen LogP contribution in [0.25, 0.3) is 10.1 Å². The third-order valence-corrected chi connectivity index (χ3v) is 4.83. The second-order valence-electron chi connectivity index (χ2n) is 4.83. The number of aliphatic hydroxyl groups is 1. The highest BCUT2D eigenvalue weighted by atomic mass is 35.5. The molecule has 3 aromatic rings. The Morgan fingerprint density at radius 2 is 2.10 bits per heavy atom. The lowest BCUT2D eigenvalue weighted by Crippen LogP contribution is -2.00. The van der Waals surface area contributed by atoms with E-state index in [1.54, 1.807) is 23.5 Å². The van der Waals surface area contributed by atoms with Gasteiger partial charge in [-0.3, -0.25) is 0 Å². The molecule has 2 aromatic carbocycles. The summed E-state index contributed by atoms with van der Waals surface area (Å²) in [5, 5.41) is 14.3. The molecule has 0 fully saturated rings. The highest BCUT2D eigenvalue weighted by Gasteiger charge is 2.22. The number of ether oxygens (including phenoxy) is 2. The molecule has 21 heavy (non-hydrogen) atoms. The fraction of sp³-hybridized carbons (Fsp3) is 0.125. The maximum Gasteiger partial charge on any atom is 0.231 e. The molecule has 1 aromatic heterocycles. The molecular weight excluding hydrogens is 308 g/mol. The molecule has 3 nitrogen and oxygen atoms in total. The first-order valence-electron chi connectivity index (χ1n) is 6.47. The van der Waals surface area contributed by atoms with Crippen LogP contribution in [0.2, 0.25) is 5.02 Å². The van der Waals surface area contributed by atoms with E-state index in [4.69, 9.17) is 21.1 Å². The molecule has 5 heteroatoms. The highest BCUT2D eigenvalue weighted by Crippen LogP contribution is 2.42. The first-order chi connectivity index (χ1) is 10.2. The maximum absolute atomic E-state index is 10.7. The van der Waals surface area contributed by atoms with Crippen LogP contribution in [0, 0.1) is 0 Å². The van der Waals surface area contributed by atoms with Crippen molar-refractivity contribution in [1.29, 1.82) is 0 Å².